The zero-order valence-corrected chi connectivity index (χ0v) is 16.8. The highest BCUT2D eigenvalue weighted by molar-refractivity contribution is 6.30. The standard InChI is InChI=1S/C21H18ClN5O3/c1-2-30-17-9-3-14(4-10-17)18-11-19-21(29)26(23-13-27(19)25-18)12-20(28)24-16-7-5-15(22)6-8-16/h3-11,13H,2,12H2,1H3,(H,24,28). The second kappa shape index (κ2) is 8.38. The molecule has 0 spiro atoms. The number of aromatic nitrogens is 4. The maximum atomic E-state index is 12.8. The van der Waals surface area contributed by atoms with E-state index in [0.29, 0.717) is 28.5 Å². The molecule has 8 nitrogen and oxygen atoms in total. The van der Waals surface area contributed by atoms with Crippen LogP contribution in [0.15, 0.2) is 65.7 Å². The van der Waals surface area contributed by atoms with E-state index in [4.69, 9.17) is 16.3 Å². The lowest BCUT2D eigenvalue weighted by Crippen LogP contribution is -2.30. The van der Waals surface area contributed by atoms with E-state index in [1.165, 1.54) is 10.8 Å². The molecule has 0 aliphatic carbocycles. The minimum atomic E-state index is -0.409. The highest BCUT2D eigenvalue weighted by atomic mass is 35.5. The summed E-state index contributed by atoms with van der Waals surface area (Å²) < 4.78 is 7.95. The second-order valence-corrected chi connectivity index (χ2v) is 6.90. The van der Waals surface area contributed by atoms with Crippen LogP contribution in [0.4, 0.5) is 5.69 Å². The topological polar surface area (TPSA) is 90.5 Å². The number of carbonyl (C=O) groups excluding carboxylic acids is 1. The molecule has 0 fully saturated rings. The average molecular weight is 424 g/mol. The number of nitrogens with zero attached hydrogens (tertiary/aromatic N) is 4. The maximum Gasteiger partial charge on any atom is 0.293 e. The van der Waals surface area contributed by atoms with E-state index >= 15 is 0 Å². The predicted octanol–water partition coefficient (Wildman–Crippen LogP) is 3.25. The highest BCUT2D eigenvalue weighted by Gasteiger charge is 2.12. The summed E-state index contributed by atoms with van der Waals surface area (Å²) in [5, 5.41) is 11.7. The van der Waals surface area contributed by atoms with Gasteiger partial charge in [0.15, 0.2) is 0 Å². The molecule has 2 heterocycles. The van der Waals surface area contributed by atoms with Crippen LogP contribution in [0.25, 0.3) is 16.8 Å². The first-order valence-electron chi connectivity index (χ1n) is 9.27. The van der Waals surface area contributed by atoms with Gasteiger partial charge in [-0.1, -0.05) is 11.6 Å². The molecular weight excluding hydrogens is 406 g/mol. The van der Waals surface area contributed by atoms with Crippen molar-refractivity contribution >= 4 is 28.7 Å². The van der Waals surface area contributed by atoms with Gasteiger partial charge in [-0.3, -0.25) is 9.59 Å². The molecule has 1 N–H and O–H groups in total. The maximum absolute atomic E-state index is 12.8. The van der Waals surface area contributed by atoms with Crippen LogP contribution in [-0.2, 0) is 11.3 Å². The van der Waals surface area contributed by atoms with Crippen molar-refractivity contribution in [3.05, 3.63) is 76.3 Å². The Kier molecular flexibility index (Phi) is 5.49. The number of nitrogens with one attached hydrogen (secondary N) is 1. The third-order valence-corrected chi connectivity index (χ3v) is 4.62. The predicted molar refractivity (Wildman–Crippen MR) is 114 cm³/mol. The van der Waals surface area contributed by atoms with E-state index in [1.54, 1.807) is 30.3 Å². The number of rotatable bonds is 6. The summed E-state index contributed by atoms with van der Waals surface area (Å²) in [5.41, 5.74) is 1.97. The van der Waals surface area contributed by atoms with Gasteiger partial charge in [-0.15, -0.1) is 0 Å². The van der Waals surface area contributed by atoms with E-state index in [9.17, 15) is 9.59 Å². The number of anilines is 1. The number of hydrogen-bond acceptors (Lipinski definition) is 5. The molecule has 0 radical (unpaired) electrons. The Bertz CT molecular complexity index is 1250. The lowest BCUT2D eigenvalue weighted by Gasteiger charge is -2.06. The Morgan fingerprint density at radius 2 is 1.87 bits per heavy atom. The molecule has 2 aromatic heterocycles. The number of halogens is 1. The first-order valence-corrected chi connectivity index (χ1v) is 9.65. The van der Waals surface area contributed by atoms with Crippen LogP contribution in [0.2, 0.25) is 5.02 Å². The van der Waals surface area contributed by atoms with Crippen LogP contribution in [0.1, 0.15) is 6.92 Å². The van der Waals surface area contributed by atoms with E-state index in [0.717, 1.165) is 16.0 Å². The zero-order chi connectivity index (χ0) is 21.1. The number of fused-ring (bicyclic) bond motifs is 1. The monoisotopic (exact) mass is 423 g/mol. The van der Waals surface area contributed by atoms with Crippen LogP contribution in [0, 0.1) is 0 Å². The number of ether oxygens (including phenoxy) is 1. The van der Waals surface area contributed by atoms with Crippen molar-refractivity contribution in [3.8, 4) is 17.0 Å². The Hall–Kier alpha value is -3.65. The first-order chi connectivity index (χ1) is 14.5. The van der Waals surface area contributed by atoms with Gasteiger partial charge in [0.05, 0.1) is 12.3 Å². The Balaban J connectivity index is 1.55. The summed E-state index contributed by atoms with van der Waals surface area (Å²) in [7, 11) is 0. The fourth-order valence-corrected chi connectivity index (χ4v) is 3.08. The number of amides is 1. The molecule has 1 amide bonds. The molecule has 0 aliphatic heterocycles. The molecule has 0 bridgehead atoms. The minimum Gasteiger partial charge on any atom is -0.494 e. The van der Waals surface area contributed by atoms with Crippen molar-refractivity contribution in [3.63, 3.8) is 0 Å². The van der Waals surface area contributed by atoms with Crippen molar-refractivity contribution in [2.75, 3.05) is 11.9 Å². The van der Waals surface area contributed by atoms with Gasteiger partial charge in [0.2, 0.25) is 5.91 Å². The number of benzene rings is 2. The Labute approximate surface area is 176 Å². The van der Waals surface area contributed by atoms with Crippen molar-refractivity contribution in [2.24, 2.45) is 0 Å². The van der Waals surface area contributed by atoms with E-state index < -0.39 is 5.56 Å². The second-order valence-electron chi connectivity index (χ2n) is 6.47. The van der Waals surface area contributed by atoms with Crippen molar-refractivity contribution < 1.29 is 9.53 Å². The average Bonchev–Trinajstić information content (AvgIpc) is 3.18. The Morgan fingerprint density at radius 1 is 1.13 bits per heavy atom. The molecule has 0 saturated carbocycles. The quantitative estimate of drug-likeness (QED) is 0.514. The zero-order valence-electron chi connectivity index (χ0n) is 16.1. The van der Waals surface area contributed by atoms with Crippen LogP contribution >= 0.6 is 11.6 Å². The van der Waals surface area contributed by atoms with E-state index in [-0.39, 0.29) is 12.5 Å². The SMILES string of the molecule is CCOc1ccc(-c2cc3c(=O)n(CC(=O)Nc4ccc(Cl)cc4)ncn3n2)cc1. The number of carbonyl (C=O) groups is 1. The van der Waals surface area contributed by atoms with Gasteiger partial charge in [-0.2, -0.15) is 10.2 Å². The fraction of sp³-hybridized carbons (Fsp3) is 0.143. The van der Waals surface area contributed by atoms with Gasteiger partial charge in [-0.05, 0) is 61.5 Å². The summed E-state index contributed by atoms with van der Waals surface area (Å²) in [4.78, 5) is 25.1. The van der Waals surface area contributed by atoms with Gasteiger partial charge in [0.1, 0.15) is 24.1 Å². The smallest absolute Gasteiger partial charge is 0.293 e. The lowest BCUT2D eigenvalue weighted by atomic mass is 10.1. The number of hydrogen-bond donors (Lipinski definition) is 1. The molecule has 9 heteroatoms. The van der Waals surface area contributed by atoms with Gasteiger partial charge in [0, 0.05) is 16.3 Å². The fourth-order valence-electron chi connectivity index (χ4n) is 2.95. The first kappa shape index (κ1) is 19.7. The third-order valence-electron chi connectivity index (χ3n) is 4.37. The lowest BCUT2D eigenvalue weighted by molar-refractivity contribution is -0.117. The van der Waals surface area contributed by atoms with Crippen molar-refractivity contribution in [1.82, 2.24) is 19.4 Å². The van der Waals surface area contributed by atoms with Crippen molar-refractivity contribution in [1.29, 1.82) is 0 Å². The van der Waals surface area contributed by atoms with Crippen LogP contribution < -0.4 is 15.6 Å². The Morgan fingerprint density at radius 3 is 2.57 bits per heavy atom. The minimum absolute atomic E-state index is 0.221. The molecule has 0 unspecified atom stereocenters. The van der Waals surface area contributed by atoms with Crippen molar-refractivity contribution in [2.45, 2.75) is 13.5 Å². The van der Waals surface area contributed by atoms with Crippen LogP contribution in [-0.4, -0.2) is 31.9 Å². The molecule has 4 rings (SSSR count). The normalized spacial score (nSPS) is 10.9. The molecule has 2 aromatic carbocycles. The molecule has 30 heavy (non-hydrogen) atoms. The highest BCUT2D eigenvalue weighted by Crippen LogP contribution is 2.21. The summed E-state index contributed by atoms with van der Waals surface area (Å²) >= 11 is 5.84. The van der Waals surface area contributed by atoms with Crippen LogP contribution in [0.5, 0.6) is 5.75 Å². The van der Waals surface area contributed by atoms with Gasteiger partial charge >= 0.3 is 0 Å². The molecule has 0 saturated heterocycles. The molecular formula is C21H18ClN5O3. The van der Waals surface area contributed by atoms with E-state index in [2.05, 4.69) is 15.5 Å². The van der Waals surface area contributed by atoms with Crippen LogP contribution in [0.3, 0.4) is 0 Å². The third kappa shape index (κ3) is 4.18. The molecule has 4 aromatic rings. The van der Waals surface area contributed by atoms with E-state index in [1.807, 2.05) is 31.2 Å². The summed E-state index contributed by atoms with van der Waals surface area (Å²) in [6.07, 6.45) is 1.41. The molecule has 0 atom stereocenters. The molecule has 152 valence electrons. The summed E-state index contributed by atoms with van der Waals surface area (Å²) in [5.74, 6) is 0.392. The molecule has 0 aliphatic rings. The van der Waals surface area contributed by atoms with Gasteiger partial charge in [-0.25, -0.2) is 9.20 Å². The largest absolute Gasteiger partial charge is 0.494 e. The van der Waals surface area contributed by atoms with Gasteiger partial charge < -0.3 is 10.1 Å². The summed E-state index contributed by atoms with van der Waals surface area (Å²) in [6.45, 7) is 2.29. The van der Waals surface area contributed by atoms with Gasteiger partial charge in [0.25, 0.3) is 5.56 Å². The summed E-state index contributed by atoms with van der Waals surface area (Å²) in [6, 6.07) is 15.8.